The number of hydrogen-bond acceptors (Lipinski definition) is 3. The van der Waals surface area contributed by atoms with E-state index in [1.807, 2.05) is 0 Å². The lowest BCUT2D eigenvalue weighted by atomic mass is 10.2. The summed E-state index contributed by atoms with van der Waals surface area (Å²) in [6.45, 7) is 18.9. The highest BCUT2D eigenvalue weighted by Crippen LogP contribution is 2.44. The Morgan fingerprint density at radius 2 is 1.31 bits per heavy atom. The summed E-state index contributed by atoms with van der Waals surface area (Å²) in [7, 11) is -0.199. The van der Waals surface area contributed by atoms with E-state index in [0.717, 1.165) is 19.1 Å². The second kappa shape index (κ2) is 10.2. The first-order valence-corrected chi connectivity index (χ1v) is 14.7. The molecule has 0 fully saturated rings. The van der Waals surface area contributed by atoms with Crippen molar-refractivity contribution < 1.29 is 8.85 Å². The Morgan fingerprint density at radius 1 is 0.846 bits per heavy atom. The van der Waals surface area contributed by atoms with Crippen LogP contribution in [0, 0.1) is 0 Å². The summed E-state index contributed by atoms with van der Waals surface area (Å²) in [4.78, 5) is 0. The number of benzene rings is 1. The molecule has 0 N–H and O–H groups in total. The summed E-state index contributed by atoms with van der Waals surface area (Å²) < 4.78 is 14.4. The second-order valence-corrected chi connectivity index (χ2v) is 18.0. The van der Waals surface area contributed by atoms with Crippen molar-refractivity contribution in [1.29, 1.82) is 0 Å². The van der Waals surface area contributed by atoms with Crippen molar-refractivity contribution in [3.63, 3.8) is 0 Å². The van der Waals surface area contributed by atoms with E-state index < -0.39 is 16.8 Å². The predicted octanol–water partition coefficient (Wildman–Crippen LogP) is 6.03. The molecule has 1 aromatic carbocycles. The molecule has 0 aliphatic rings. The Labute approximate surface area is 164 Å². The van der Waals surface area contributed by atoms with Crippen LogP contribution in [0.1, 0.15) is 47.1 Å². The molecule has 0 aliphatic heterocycles. The lowest BCUT2D eigenvalue weighted by Gasteiger charge is -2.51. The van der Waals surface area contributed by atoms with Gasteiger partial charge in [-0.15, -0.1) is 0 Å². The lowest BCUT2D eigenvalue weighted by Crippen LogP contribution is -2.60. The maximum Gasteiger partial charge on any atom is 0.335 e. The van der Waals surface area contributed by atoms with Crippen molar-refractivity contribution in [3.05, 3.63) is 35.9 Å². The Morgan fingerprint density at radius 3 is 1.69 bits per heavy atom. The molecule has 1 aromatic rings. The third kappa shape index (κ3) is 5.29. The van der Waals surface area contributed by atoms with Crippen LogP contribution in [0.5, 0.6) is 0 Å². The van der Waals surface area contributed by atoms with Crippen molar-refractivity contribution in [2.24, 2.45) is 0 Å². The van der Waals surface area contributed by atoms with Crippen molar-refractivity contribution in [2.75, 3.05) is 20.8 Å². The Balaban J connectivity index is 3.27. The fourth-order valence-corrected chi connectivity index (χ4v) is 13.6. The van der Waals surface area contributed by atoms with Crippen LogP contribution < -0.4 is 0 Å². The van der Waals surface area contributed by atoms with Crippen LogP contribution in [-0.4, -0.2) is 42.1 Å². The van der Waals surface area contributed by atoms with Crippen LogP contribution in [0.4, 0.5) is 0 Å². The first kappa shape index (κ1) is 23.6. The van der Waals surface area contributed by atoms with Gasteiger partial charge in [-0.3, -0.25) is 0 Å². The van der Waals surface area contributed by atoms with Gasteiger partial charge in [-0.25, -0.2) is 0 Å². The van der Waals surface area contributed by atoms with E-state index in [2.05, 4.69) is 83.0 Å². The van der Waals surface area contributed by atoms with Gasteiger partial charge in [0.2, 0.25) is 0 Å². The molecule has 0 amide bonds. The van der Waals surface area contributed by atoms with Gasteiger partial charge in [0, 0.05) is 26.8 Å². The zero-order valence-electron chi connectivity index (χ0n) is 18.5. The van der Waals surface area contributed by atoms with Crippen LogP contribution >= 0.6 is 0 Å². The fraction of sp³-hybridized carbons (Fsp3) is 0.714. The Bertz CT molecular complexity index is 494. The highest BCUT2D eigenvalue weighted by molar-refractivity contribution is 6.81. The van der Waals surface area contributed by atoms with Crippen LogP contribution in [0.15, 0.2) is 30.3 Å². The average Bonchev–Trinajstić information content (AvgIpc) is 2.59. The summed E-state index contributed by atoms with van der Waals surface area (Å²) in [6.07, 6.45) is 0. The minimum Gasteiger partial charge on any atom is -0.398 e. The van der Waals surface area contributed by atoms with Crippen LogP contribution in [0.25, 0.3) is 0 Å². The lowest BCUT2D eigenvalue weighted by molar-refractivity contribution is 0.243. The zero-order chi connectivity index (χ0) is 20.0. The molecule has 150 valence electrons. The molecule has 0 spiro atoms. The maximum absolute atomic E-state index is 5.79. The van der Waals surface area contributed by atoms with Crippen LogP contribution in [-0.2, 0) is 15.4 Å². The van der Waals surface area contributed by atoms with E-state index in [9.17, 15) is 0 Å². The van der Waals surface area contributed by atoms with Crippen molar-refractivity contribution in [1.82, 2.24) is 4.57 Å². The first-order valence-electron chi connectivity index (χ1n) is 10.0. The molecular formula is C21H41NO2Si2. The monoisotopic (exact) mass is 395 g/mol. The molecule has 0 aliphatic carbocycles. The molecule has 0 saturated heterocycles. The summed E-state index contributed by atoms with van der Waals surface area (Å²) in [6, 6.07) is 11.9. The fourth-order valence-electron chi connectivity index (χ4n) is 4.93. The highest BCUT2D eigenvalue weighted by Gasteiger charge is 2.48. The topological polar surface area (TPSA) is 21.7 Å². The van der Waals surface area contributed by atoms with Gasteiger partial charge in [-0.05, 0) is 35.3 Å². The molecule has 0 saturated carbocycles. The van der Waals surface area contributed by atoms with Crippen molar-refractivity contribution in [3.8, 4) is 0 Å². The predicted molar refractivity (Wildman–Crippen MR) is 118 cm³/mol. The third-order valence-corrected chi connectivity index (χ3v) is 16.1. The van der Waals surface area contributed by atoms with Gasteiger partial charge in [0.15, 0.2) is 0 Å². The van der Waals surface area contributed by atoms with Gasteiger partial charge in [-0.1, -0.05) is 71.9 Å². The van der Waals surface area contributed by atoms with Crippen LogP contribution in [0.2, 0.25) is 29.2 Å². The van der Waals surface area contributed by atoms with Gasteiger partial charge < -0.3 is 13.4 Å². The highest BCUT2D eigenvalue weighted by atomic mass is 28.4. The standard InChI is InChI=1S/C21H41NO2Si2/c1-18(2)26(19(3)4,20(5)6)22(15-16-25(9,23-7)24-8)17-21-13-11-10-12-14-21/h10-14,18-20H,15-17H2,1-9H3. The zero-order valence-corrected chi connectivity index (χ0v) is 20.5. The molecule has 0 unspecified atom stereocenters. The molecule has 3 nitrogen and oxygen atoms in total. The summed E-state index contributed by atoms with van der Waals surface area (Å²) in [5.41, 5.74) is 3.50. The second-order valence-electron chi connectivity index (χ2n) is 8.55. The minimum absolute atomic E-state index is 0.698. The normalized spacial score (nSPS) is 13.4. The van der Waals surface area contributed by atoms with E-state index in [0.29, 0.717) is 16.6 Å². The SMILES string of the molecule is CO[Si](C)(CCN(Cc1ccccc1)[Si](C(C)C)(C(C)C)C(C)C)OC. The van der Waals surface area contributed by atoms with E-state index in [-0.39, 0.29) is 0 Å². The van der Waals surface area contributed by atoms with Crippen molar-refractivity contribution in [2.45, 2.75) is 77.3 Å². The van der Waals surface area contributed by atoms with E-state index >= 15 is 0 Å². The Hall–Kier alpha value is -0.466. The smallest absolute Gasteiger partial charge is 0.335 e. The Kier molecular flexibility index (Phi) is 9.23. The van der Waals surface area contributed by atoms with Crippen molar-refractivity contribution >= 4 is 16.8 Å². The summed E-state index contributed by atoms with van der Waals surface area (Å²) >= 11 is 0. The summed E-state index contributed by atoms with van der Waals surface area (Å²) in [5, 5.41) is 0. The maximum atomic E-state index is 5.79. The van der Waals surface area contributed by atoms with Gasteiger partial charge >= 0.3 is 8.56 Å². The van der Waals surface area contributed by atoms with Gasteiger partial charge in [0.1, 0.15) is 8.24 Å². The third-order valence-electron chi connectivity index (χ3n) is 6.24. The molecule has 0 aromatic heterocycles. The number of hydrogen-bond donors (Lipinski definition) is 0. The minimum atomic E-state index is -2.08. The molecular weight excluding hydrogens is 354 g/mol. The molecule has 1 rings (SSSR count). The van der Waals surface area contributed by atoms with E-state index in [4.69, 9.17) is 8.85 Å². The van der Waals surface area contributed by atoms with E-state index in [1.165, 1.54) is 5.56 Å². The van der Waals surface area contributed by atoms with Crippen LogP contribution in [0.3, 0.4) is 0 Å². The van der Waals surface area contributed by atoms with Gasteiger partial charge in [-0.2, -0.15) is 0 Å². The molecule has 0 heterocycles. The molecule has 0 bridgehead atoms. The number of nitrogens with zero attached hydrogens (tertiary/aromatic N) is 1. The molecule has 0 atom stereocenters. The quantitative estimate of drug-likeness (QED) is 0.427. The van der Waals surface area contributed by atoms with E-state index in [1.54, 1.807) is 14.2 Å². The average molecular weight is 396 g/mol. The van der Waals surface area contributed by atoms with Gasteiger partial charge in [0.25, 0.3) is 0 Å². The largest absolute Gasteiger partial charge is 0.398 e. The molecule has 26 heavy (non-hydrogen) atoms. The van der Waals surface area contributed by atoms with Gasteiger partial charge in [0.05, 0.1) is 0 Å². The first-order chi connectivity index (χ1) is 12.1. The summed E-state index contributed by atoms with van der Waals surface area (Å²) in [5.74, 6) is 0. The molecule has 5 heteroatoms. The number of rotatable bonds is 11. The molecule has 0 radical (unpaired) electrons.